The molecule has 0 saturated carbocycles. The van der Waals surface area contributed by atoms with Crippen LogP contribution in [0, 0.1) is 5.82 Å². The molecule has 1 aromatic carbocycles. The third kappa shape index (κ3) is 2.55. The molecular formula is C12H16FNO. The molecule has 2 rings (SSSR count). The minimum Gasteiger partial charge on any atom is -0.385 e. The van der Waals surface area contributed by atoms with Crippen LogP contribution in [0.5, 0.6) is 0 Å². The quantitative estimate of drug-likeness (QED) is 0.820. The first-order valence-electron chi connectivity index (χ1n) is 5.29. The number of rotatable bonds is 3. The van der Waals surface area contributed by atoms with Crippen LogP contribution in [0.25, 0.3) is 0 Å². The number of methoxy groups -OCH3 is 1. The molecule has 82 valence electrons. The summed E-state index contributed by atoms with van der Waals surface area (Å²) in [6.07, 6.45) is 1.98. The molecule has 0 fully saturated rings. The highest BCUT2D eigenvalue weighted by Crippen LogP contribution is 2.19. The molecule has 2 nitrogen and oxygen atoms in total. The zero-order valence-electron chi connectivity index (χ0n) is 8.92. The number of halogens is 1. The minimum absolute atomic E-state index is 0.147. The molecule has 0 spiro atoms. The Balaban J connectivity index is 2.03. The predicted octanol–water partition coefficient (Wildman–Crippen LogP) is 1.88. The van der Waals surface area contributed by atoms with Crippen LogP contribution in [0.2, 0.25) is 0 Å². The first kappa shape index (κ1) is 10.6. The smallest absolute Gasteiger partial charge is 0.123 e. The van der Waals surface area contributed by atoms with Crippen molar-refractivity contribution in [3.63, 3.8) is 0 Å². The second-order valence-electron chi connectivity index (χ2n) is 3.98. The molecular weight excluding hydrogens is 193 g/mol. The van der Waals surface area contributed by atoms with Crippen molar-refractivity contribution < 1.29 is 9.13 Å². The summed E-state index contributed by atoms with van der Waals surface area (Å²) in [6.45, 7) is 1.54. The maximum atomic E-state index is 12.9. The van der Waals surface area contributed by atoms with Crippen molar-refractivity contribution in [3.05, 3.63) is 35.1 Å². The Kier molecular flexibility index (Phi) is 3.34. The second-order valence-corrected chi connectivity index (χ2v) is 3.98. The molecule has 1 aliphatic heterocycles. The Morgan fingerprint density at radius 3 is 3.13 bits per heavy atom. The van der Waals surface area contributed by atoms with Gasteiger partial charge in [0.15, 0.2) is 0 Å². The second kappa shape index (κ2) is 4.73. The lowest BCUT2D eigenvalue weighted by Gasteiger charge is -2.25. The van der Waals surface area contributed by atoms with Gasteiger partial charge in [-0.15, -0.1) is 0 Å². The normalized spacial score (nSPS) is 20.0. The number of ether oxygens (including phenoxy) is 1. The first-order valence-corrected chi connectivity index (χ1v) is 5.29. The number of nitrogens with one attached hydrogen (secondary N) is 1. The van der Waals surface area contributed by atoms with E-state index in [1.165, 1.54) is 11.6 Å². The fraction of sp³-hybridized carbons (Fsp3) is 0.500. The van der Waals surface area contributed by atoms with Crippen molar-refractivity contribution in [1.82, 2.24) is 5.32 Å². The van der Waals surface area contributed by atoms with Gasteiger partial charge in [0.05, 0.1) is 0 Å². The van der Waals surface area contributed by atoms with E-state index in [2.05, 4.69) is 5.32 Å². The number of hydrogen-bond acceptors (Lipinski definition) is 2. The van der Waals surface area contributed by atoms with Gasteiger partial charge < -0.3 is 10.1 Å². The number of benzene rings is 1. The fourth-order valence-corrected chi connectivity index (χ4v) is 2.01. The SMILES string of the molecule is COCCC1Cc2ccc(F)cc2CN1. The molecule has 1 unspecified atom stereocenters. The zero-order valence-corrected chi connectivity index (χ0v) is 8.92. The van der Waals surface area contributed by atoms with E-state index in [1.54, 1.807) is 13.2 Å². The van der Waals surface area contributed by atoms with Crippen molar-refractivity contribution in [2.75, 3.05) is 13.7 Å². The van der Waals surface area contributed by atoms with Gasteiger partial charge in [0.2, 0.25) is 0 Å². The maximum absolute atomic E-state index is 12.9. The van der Waals surface area contributed by atoms with Crippen LogP contribution in [-0.2, 0) is 17.7 Å². The van der Waals surface area contributed by atoms with Crippen LogP contribution in [-0.4, -0.2) is 19.8 Å². The van der Waals surface area contributed by atoms with E-state index in [4.69, 9.17) is 4.74 Å². The highest BCUT2D eigenvalue weighted by molar-refractivity contribution is 5.30. The molecule has 1 heterocycles. The van der Waals surface area contributed by atoms with Crippen molar-refractivity contribution in [1.29, 1.82) is 0 Å². The van der Waals surface area contributed by atoms with Gasteiger partial charge in [0, 0.05) is 26.3 Å². The van der Waals surface area contributed by atoms with Crippen LogP contribution in [0.15, 0.2) is 18.2 Å². The van der Waals surface area contributed by atoms with Crippen LogP contribution >= 0.6 is 0 Å². The Morgan fingerprint density at radius 2 is 2.33 bits per heavy atom. The molecule has 0 amide bonds. The summed E-state index contributed by atoms with van der Waals surface area (Å²) < 4.78 is 18.0. The molecule has 0 saturated heterocycles. The Bertz CT molecular complexity index is 340. The number of fused-ring (bicyclic) bond motifs is 1. The zero-order chi connectivity index (χ0) is 10.7. The Morgan fingerprint density at radius 1 is 1.47 bits per heavy atom. The van der Waals surface area contributed by atoms with Crippen molar-refractivity contribution in [3.8, 4) is 0 Å². The van der Waals surface area contributed by atoms with Crippen LogP contribution in [0.1, 0.15) is 17.5 Å². The number of hydrogen-bond donors (Lipinski definition) is 1. The lowest BCUT2D eigenvalue weighted by molar-refractivity contribution is 0.181. The minimum atomic E-state index is -0.147. The molecule has 1 N–H and O–H groups in total. The summed E-state index contributed by atoms with van der Waals surface area (Å²) in [5.41, 5.74) is 2.35. The van der Waals surface area contributed by atoms with Crippen molar-refractivity contribution >= 4 is 0 Å². The standard InChI is InChI=1S/C12H16FNO/c1-15-5-4-12-7-9-2-3-11(13)6-10(9)8-14-12/h2-3,6,12,14H,4-5,7-8H2,1H3. The van der Waals surface area contributed by atoms with Gasteiger partial charge >= 0.3 is 0 Å². The summed E-state index contributed by atoms with van der Waals surface area (Å²) in [5, 5.41) is 3.39. The van der Waals surface area contributed by atoms with Gasteiger partial charge in [0.25, 0.3) is 0 Å². The molecule has 1 atom stereocenters. The van der Waals surface area contributed by atoms with Crippen LogP contribution in [0.4, 0.5) is 4.39 Å². The van der Waals surface area contributed by atoms with Crippen molar-refractivity contribution in [2.24, 2.45) is 0 Å². The largest absolute Gasteiger partial charge is 0.385 e. The summed E-state index contributed by atoms with van der Waals surface area (Å²) in [6, 6.07) is 5.51. The lowest BCUT2D eigenvalue weighted by atomic mass is 9.94. The van der Waals surface area contributed by atoms with Crippen LogP contribution < -0.4 is 5.32 Å². The predicted molar refractivity (Wildman–Crippen MR) is 57.2 cm³/mol. The molecule has 0 aliphatic carbocycles. The monoisotopic (exact) mass is 209 g/mol. The van der Waals surface area contributed by atoms with Gasteiger partial charge in [-0.2, -0.15) is 0 Å². The third-order valence-corrected chi connectivity index (χ3v) is 2.89. The third-order valence-electron chi connectivity index (χ3n) is 2.89. The first-order chi connectivity index (χ1) is 7.29. The Labute approximate surface area is 89.4 Å². The molecule has 3 heteroatoms. The van der Waals surface area contributed by atoms with Gasteiger partial charge in [-0.05, 0) is 36.1 Å². The summed E-state index contributed by atoms with van der Waals surface area (Å²) >= 11 is 0. The molecule has 0 aromatic heterocycles. The van der Waals surface area contributed by atoms with Gasteiger partial charge in [0.1, 0.15) is 5.82 Å². The summed E-state index contributed by atoms with van der Waals surface area (Å²) in [4.78, 5) is 0. The lowest BCUT2D eigenvalue weighted by Crippen LogP contribution is -2.36. The summed E-state index contributed by atoms with van der Waals surface area (Å²) in [5.74, 6) is -0.147. The van der Waals surface area contributed by atoms with Crippen LogP contribution in [0.3, 0.4) is 0 Å². The maximum Gasteiger partial charge on any atom is 0.123 e. The van der Waals surface area contributed by atoms with E-state index in [-0.39, 0.29) is 5.82 Å². The highest BCUT2D eigenvalue weighted by atomic mass is 19.1. The van der Waals surface area contributed by atoms with E-state index in [9.17, 15) is 4.39 Å². The van der Waals surface area contributed by atoms with Gasteiger partial charge in [-0.25, -0.2) is 4.39 Å². The van der Waals surface area contributed by atoms with Crippen molar-refractivity contribution in [2.45, 2.75) is 25.4 Å². The molecule has 1 aliphatic rings. The van der Waals surface area contributed by atoms with Gasteiger partial charge in [-0.3, -0.25) is 0 Å². The molecule has 15 heavy (non-hydrogen) atoms. The molecule has 0 bridgehead atoms. The summed E-state index contributed by atoms with van der Waals surface area (Å²) in [7, 11) is 1.71. The average Bonchev–Trinajstić information content (AvgIpc) is 2.26. The van der Waals surface area contributed by atoms with E-state index >= 15 is 0 Å². The Hall–Kier alpha value is -0.930. The van der Waals surface area contributed by atoms with E-state index in [0.717, 1.165) is 31.6 Å². The highest BCUT2D eigenvalue weighted by Gasteiger charge is 2.17. The fourth-order valence-electron chi connectivity index (χ4n) is 2.01. The van der Waals surface area contributed by atoms with E-state index in [0.29, 0.717) is 6.04 Å². The van der Waals surface area contributed by atoms with E-state index < -0.39 is 0 Å². The average molecular weight is 209 g/mol. The van der Waals surface area contributed by atoms with Gasteiger partial charge in [-0.1, -0.05) is 6.07 Å². The van der Waals surface area contributed by atoms with E-state index in [1.807, 2.05) is 6.07 Å². The molecule has 0 radical (unpaired) electrons. The molecule has 1 aromatic rings. The topological polar surface area (TPSA) is 21.3 Å².